The molecule has 0 heterocycles. The van der Waals surface area contributed by atoms with Gasteiger partial charge < -0.3 is 14.4 Å². The summed E-state index contributed by atoms with van der Waals surface area (Å²) in [6.07, 6.45) is -0.631. The molecule has 0 fully saturated rings. The molecule has 0 saturated carbocycles. The SMILES string of the molecule is C[C@H](Oc1ccc(C#N)cc1)C(=O)N(C)CCOc1ccc(Cl)cc1. The van der Waals surface area contributed by atoms with Crippen molar-refractivity contribution >= 4 is 17.5 Å². The van der Waals surface area contributed by atoms with Crippen molar-refractivity contribution in [2.75, 3.05) is 20.2 Å². The molecule has 0 bridgehead atoms. The second kappa shape index (κ2) is 8.95. The minimum absolute atomic E-state index is 0.149. The topological polar surface area (TPSA) is 62.6 Å². The number of rotatable bonds is 7. The lowest BCUT2D eigenvalue weighted by Gasteiger charge is -2.22. The maximum Gasteiger partial charge on any atom is 0.263 e. The summed E-state index contributed by atoms with van der Waals surface area (Å²) in [7, 11) is 1.70. The van der Waals surface area contributed by atoms with Gasteiger partial charge in [-0.05, 0) is 55.5 Å². The van der Waals surface area contributed by atoms with Gasteiger partial charge in [-0.25, -0.2) is 0 Å². The van der Waals surface area contributed by atoms with Crippen molar-refractivity contribution in [2.24, 2.45) is 0 Å². The molecule has 1 amide bonds. The molecular formula is C19H19ClN2O3. The molecule has 25 heavy (non-hydrogen) atoms. The van der Waals surface area contributed by atoms with Crippen molar-refractivity contribution in [3.63, 3.8) is 0 Å². The number of hydrogen-bond donors (Lipinski definition) is 0. The Morgan fingerprint density at radius 1 is 1.16 bits per heavy atom. The van der Waals surface area contributed by atoms with Crippen LogP contribution >= 0.6 is 11.6 Å². The molecule has 0 aliphatic heterocycles. The average molecular weight is 359 g/mol. The van der Waals surface area contributed by atoms with Crippen molar-refractivity contribution in [3.05, 3.63) is 59.1 Å². The first-order chi connectivity index (χ1) is 12.0. The molecular weight excluding hydrogens is 340 g/mol. The normalized spacial score (nSPS) is 11.3. The fourth-order valence-electron chi connectivity index (χ4n) is 2.11. The molecule has 0 saturated heterocycles. The second-order valence-electron chi connectivity index (χ2n) is 5.46. The fourth-order valence-corrected chi connectivity index (χ4v) is 2.24. The molecule has 2 aromatic rings. The number of likely N-dealkylation sites (N-methyl/N-ethyl adjacent to an activating group) is 1. The molecule has 6 heteroatoms. The summed E-state index contributed by atoms with van der Waals surface area (Å²) in [5.74, 6) is 1.10. The van der Waals surface area contributed by atoms with Gasteiger partial charge in [-0.2, -0.15) is 5.26 Å². The molecule has 0 aromatic heterocycles. The molecule has 2 aromatic carbocycles. The Balaban J connectivity index is 1.79. The van der Waals surface area contributed by atoms with Crippen LogP contribution in [0.5, 0.6) is 11.5 Å². The summed E-state index contributed by atoms with van der Waals surface area (Å²) in [5.41, 5.74) is 0.544. The number of carbonyl (C=O) groups excluding carboxylic acids is 1. The third-order valence-electron chi connectivity index (χ3n) is 3.53. The monoisotopic (exact) mass is 358 g/mol. The van der Waals surface area contributed by atoms with E-state index in [0.717, 1.165) is 0 Å². The van der Waals surface area contributed by atoms with Crippen molar-refractivity contribution in [3.8, 4) is 17.6 Å². The molecule has 0 aliphatic rings. The maximum atomic E-state index is 12.3. The molecule has 5 nitrogen and oxygen atoms in total. The van der Waals surface area contributed by atoms with E-state index in [2.05, 4.69) is 0 Å². The van der Waals surface area contributed by atoms with Crippen LogP contribution in [0, 0.1) is 11.3 Å². The zero-order valence-corrected chi connectivity index (χ0v) is 14.9. The Morgan fingerprint density at radius 3 is 2.36 bits per heavy atom. The summed E-state index contributed by atoms with van der Waals surface area (Å²) >= 11 is 5.82. The highest BCUT2D eigenvalue weighted by atomic mass is 35.5. The second-order valence-corrected chi connectivity index (χ2v) is 5.89. The van der Waals surface area contributed by atoms with Crippen LogP contribution in [0.15, 0.2) is 48.5 Å². The van der Waals surface area contributed by atoms with Crippen LogP contribution in [0.2, 0.25) is 5.02 Å². The van der Waals surface area contributed by atoms with Gasteiger partial charge in [-0.3, -0.25) is 4.79 Å². The van der Waals surface area contributed by atoms with E-state index in [1.54, 1.807) is 67.4 Å². The number of nitrogens with zero attached hydrogens (tertiary/aromatic N) is 2. The predicted molar refractivity (Wildman–Crippen MR) is 95.8 cm³/mol. The fraction of sp³-hybridized carbons (Fsp3) is 0.263. The summed E-state index contributed by atoms with van der Waals surface area (Å²) < 4.78 is 11.2. The lowest BCUT2D eigenvalue weighted by atomic mass is 10.2. The van der Waals surface area contributed by atoms with Gasteiger partial charge in [0.2, 0.25) is 0 Å². The first-order valence-corrected chi connectivity index (χ1v) is 8.17. The molecule has 0 aliphatic carbocycles. The number of hydrogen-bond acceptors (Lipinski definition) is 4. The first-order valence-electron chi connectivity index (χ1n) is 7.80. The molecule has 0 N–H and O–H groups in total. The highest BCUT2D eigenvalue weighted by molar-refractivity contribution is 6.30. The number of benzene rings is 2. The molecule has 130 valence electrons. The van der Waals surface area contributed by atoms with Gasteiger partial charge in [0, 0.05) is 12.1 Å². The Hall–Kier alpha value is -2.71. The van der Waals surface area contributed by atoms with Gasteiger partial charge in [0.25, 0.3) is 5.91 Å². The lowest BCUT2D eigenvalue weighted by molar-refractivity contribution is -0.136. The largest absolute Gasteiger partial charge is 0.492 e. The summed E-state index contributed by atoms with van der Waals surface area (Å²) in [6, 6.07) is 15.7. The van der Waals surface area contributed by atoms with E-state index in [-0.39, 0.29) is 5.91 Å². The Kier molecular flexibility index (Phi) is 6.67. The zero-order valence-electron chi connectivity index (χ0n) is 14.1. The smallest absolute Gasteiger partial charge is 0.263 e. The summed E-state index contributed by atoms with van der Waals surface area (Å²) in [6.45, 7) is 2.49. The number of carbonyl (C=O) groups is 1. The van der Waals surface area contributed by atoms with Gasteiger partial charge in [0.1, 0.15) is 18.1 Å². The standard InChI is InChI=1S/C19H19ClN2O3/c1-14(25-18-7-3-15(13-21)4-8-18)19(23)22(2)11-12-24-17-9-5-16(20)6-10-17/h3-10,14H,11-12H2,1-2H3/t14-/m0/s1. The highest BCUT2D eigenvalue weighted by Crippen LogP contribution is 2.16. The van der Waals surface area contributed by atoms with Crippen LogP contribution in [0.25, 0.3) is 0 Å². The van der Waals surface area contributed by atoms with E-state index in [1.807, 2.05) is 6.07 Å². The van der Waals surface area contributed by atoms with Crippen molar-refractivity contribution < 1.29 is 14.3 Å². The average Bonchev–Trinajstić information content (AvgIpc) is 2.63. The van der Waals surface area contributed by atoms with E-state index < -0.39 is 6.10 Å². The van der Waals surface area contributed by atoms with Crippen LogP contribution in [0.1, 0.15) is 12.5 Å². The Bertz CT molecular complexity index is 739. The number of ether oxygens (including phenoxy) is 2. The number of amides is 1. The minimum atomic E-state index is -0.631. The number of nitriles is 1. The maximum absolute atomic E-state index is 12.3. The zero-order chi connectivity index (χ0) is 18.2. The first kappa shape index (κ1) is 18.6. The van der Waals surface area contributed by atoms with Crippen LogP contribution in [0.3, 0.4) is 0 Å². The van der Waals surface area contributed by atoms with E-state index in [9.17, 15) is 4.79 Å². The predicted octanol–water partition coefficient (Wildman–Crippen LogP) is 3.52. The molecule has 0 radical (unpaired) electrons. The van der Waals surface area contributed by atoms with Crippen LogP contribution in [0.4, 0.5) is 0 Å². The van der Waals surface area contributed by atoms with Crippen molar-refractivity contribution in [1.29, 1.82) is 5.26 Å². The third kappa shape index (κ3) is 5.70. The van der Waals surface area contributed by atoms with Crippen molar-refractivity contribution in [2.45, 2.75) is 13.0 Å². The van der Waals surface area contributed by atoms with Gasteiger partial charge in [-0.1, -0.05) is 11.6 Å². The third-order valence-corrected chi connectivity index (χ3v) is 3.78. The molecule has 1 atom stereocenters. The quantitative estimate of drug-likeness (QED) is 0.759. The lowest BCUT2D eigenvalue weighted by Crippen LogP contribution is -2.39. The van der Waals surface area contributed by atoms with Crippen LogP contribution < -0.4 is 9.47 Å². The Morgan fingerprint density at radius 2 is 1.76 bits per heavy atom. The minimum Gasteiger partial charge on any atom is -0.492 e. The van der Waals surface area contributed by atoms with Gasteiger partial charge in [0.05, 0.1) is 18.2 Å². The summed E-state index contributed by atoms with van der Waals surface area (Å²) in [5, 5.41) is 9.43. The van der Waals surface area contributed by atoms with E-state index in [0.29, 0.717) is 35.2 Å². The Labute approximate surface area is 152 Å². The molecule has 0 spiro atoms. The molecule has 0 unspecified atom stereocenters. The molecule has 2 rings (SSSR count). The van der Waals surface area contributed by atoms with Gasteiger partial charge in [0.15, 0.2) is 6.10 Å². The van der Waals surface area contributed by atoms with Crippen LogP contribution in [-0.2, 0) is 4.79 Å². The van der Waals surface area contributed by atoms with Gasteiger partial charge >= 0.3 is 0 Å². The van der Waals surface area contributed by atoms with E-state index in [1.165, 1.54) is 0 Å². The summed E-state index contributed by atoms with van der Waals surface area (Å²) in [4.78, 5) is 13.9. The van der Waals surface area contributed by atoms with Crippen LogP contribution in [-0.4, -0.2) is 37.1 Å². The van der Waals surface area contributed by atoms with Crippen molar-refractivity contribution in [1.82, 2.24) is 4.90 Å². The van der Waals surface area contributed by atoms with Gasteiger partial charge in [-0.15, -0.1) is 0 Å². The van der Waals surface area contributed by atoms with E-state index >= 15 is 0 Å². The highest BCUT2D eigenvalue weighted by Gasteiger charge is 2.19. The number of halogens is 1. The van der Waals surface area contributed by atoms with E-state index in [4.69, 9.17) is 26.3 Å².